The predicted molar refractivity (Wildman–Crippen MR) is 63.5 cm³/mol. The van der Waals surface area contributed by atoms with Gasteiger partial charge in [0, 0.05) is 20.4 Å². The van der Waals surface area contributed by atoms with Crippen LogP contribution >= 0.6 is 35.6 Å². The minimum Gasteiger partial charge on any atom is -0.142 e. The highest BCUT2D eigenvalue weighted by Crippen LogP contribution is 2.36. The number of aryl methyl sites for hydroxylation is 1. The monoisotopic (exact) mass is 228 g/mol. The van der Waals surface area contributed by atoms with E-state index in [0.29, 0.717) is 0 Å². The molecule has 2 rings (SSSR count). The van der Waals surface area contributed by atoms with Crippen molar-refractivity contribution in [1.82, 2.24) is 0 Å². The molecule has 0 aliphatic rings. The summed E-state index contributed by atoms with van der Waals surface area (Å²) in [5.41, 5.74) is 1.26. The van der Waals surface area contributed by atoms with Gasteiger partial charge in [-0.1, -0.05) is 24.6 Å². The van der Waals surface area contributed by atoms with Crippen LogP contribution in [0, 0.1) is 0 Å². The molecule has 1 aromatic heterocycles. The van der Waals surface area contributed by atoms with E-state index < -0.39 is 0 Å². The summed E-state index contributed by atoms with van der Waals surface area (Å²) < 4.78 is 1.22. The van der Waals surface area contributed by atoms with Gasteiger partial charge in [-0.15, -0.1) is 24.0 Å². The van der Waals surface area contributed by atoms with Crippen LogP contribution in [0.25, 0.3) is 10.1 Å². The van der Waals surface area contributed by atoms with Gasteiger partial charge >= 0.3 is 0 Å². The molecule has 0 fully saturated rings. The Morgan fingerprint density at radius 3 is 2.92 bits per heavy atom. The molecule has 0 saturated heterocycles. The molecule has 0 bridgehead atoms. The van der Waals surface area contributed by atoms with Crippen LogP contribution in [-0.2, 0) is 6.42 Å². The molecule has 0 nitrogen and oxygen atoms in total. The van der Waals surface area contributed by atoms with Crippen LogP contribution in [-0.4, -0.2) is 0 Å². The van der Waals surface area contributed by atoms with Crippen LogP contribution in [0.2, 0.25) is 5.02 Å². The fraction of sp³-hybridized carbons (Fsp3) is 0.200. The Hall–Kier alpha value is -0.180. The van der Waals surface area contributed by atoms with Crippen molar-refractivity contribution in [3.8, 4) is 0 Å². The normalized spacial score (nSPS) is 11.0. The molecule has 0 aliphatic heterocycles. The lowest BCUT2D eigenvalue weighted by Gasteiger charge is -2.03. The van der Waals surface area contributed by atoms with Crippen molar-refractivity contribution in [2.75, 3.05) is 0 Å². The van der Waals surface area contributed by atoms with Crippen LogP contribution in [0.5, 0.6) is 0 Å². The van der Waals surface area contributed by atoms with E-state index in [0.717, 1.165) is 21.7 Å². The van der Waals surface area contributed by atoms with E-state index in [4.69, 9.17) is 11.6 Å². The van der Waals surface area contributed by atoms with Crippen LogP contribution in [0.3, 0.4) is 0 Å². The standard InChI is InChI=1S/C10H9ClS2/c1-2-6-3-4-8-9(10(6)12)7(11)5-13-8/h3-5,12H,2H2,1H3. The van der Waals surface area contributed by atoms with Gasteiger partial charge < -0.3 is 0 Å². The topological polar surface area (TPSA) is 0 Å². The highest BCUT2D eigenvalue weighted by Gasteiger charge is 2.07. The summed E-state index contributed by atoms with van der Waals surface area (Å²) in [6, 6.07) is 4.24. The van der Waals surface area contributed by atoms with Gasteiger partial charge in [0.1, 0.15) is 0 Å². The molecule has 0 aliphatic carbocycles. The third-order valence-electron chi connectivity index (χ3n) is 2.13. The summed E-state index contributed by atoms with van der Waals surface area (Å²) in [4.78, 5) is 1.03. The molecule has 0 amide bonds. The zero-order valence-electron chi connectivity index (χ0n) is 7.17. The average molecular weight is 229 g/mol. The minimum absolute atomic E-state index is 0.820. The van der Waals surface area contributed by atoms with Gasteiger partial charge in [0.15, 0.2) is 0 Å². The molecular formula is C10H9ClS2. The van der Waals surface area contributed by atoms with E-state index in [1.807, 2.05) is 5.38 Å². The van der Waals surface area contributed by atoms with Crippen molar-refractivity contribution in [2.24, 2.45) is 0 Å². The fourth-order valence-electron chi connectivity index (χ4n) is 1.40. The number of benzene rings is 1. The van der Waals surface area contributed by atoms with Gasteiger partial charge in [-0.25, -0.2) is 0 Å². The molecular weight excluding hydrogens is 220 g/mol. The second kappa shape index (κ2) is 3.52. The zero-order valence-corrected chi connectivity index (χ0v) is 9.64. The Kier molecular flexibility index (Phi) is 2.54. The molecule has 3 heteroatoms. The van der Waals surface area contributed by atoms with E-state index in [1.165, 1.54) is 10.3 Å². The third-order valence-corrected chi connectivity index (χ3v) is 4.02. The summed E-state index contributed by atoms with van der Waals surface area (Å²) in [6.07, 6.45) is 1.00. The van der Waals surface area contributed by atoms with E-state index >= 15 is 0 Å². The zero-order chi connectivity index (χ0) is 9.42. The molecule has 0 saturated carbocycles. The second-order valence-electron chi connectivity index (χ2n) is 2.88. The van der Waals surface area contributed by atoms with Gasteiger partial charge in [0.25, 0.3) is 0 Å². The quantitative estimate of drug-likeness (QED) is 0.687. The maximum Gasteiger partial charge on any atom is 0.0602 e. The van der Waals surface area contributed by atoms with E-state index in [2.05, 4.69) is 31.7 Å². The number of fused-ring (bicyclic) bond motifs is 1. The Balaban J connectivity index is 2.83. The first-order chi connectivity index (χ1) is 6.24. The van der Waals surface area contributed by atoms with Crippen molar-refractivity contribution in [2.45, 2.75) is 18.2 Å². The summed E-state index contributed by atoms with van der Waals surface area (Å²) >= 11 is 12.2. The van der Waals surface area contributed by atoms with E-state index in [-0.39, 0.29) is 0 Å². The summed E-state index contributed by atoms with van der Waals surface area (Å²) in [6.45, 7) is 2.13. The largest absolute Gasteiger partial charge is 0.142 e. The van der Waals surface area contributed by atoms with E-state index in [1.54, 1.807) is 11.3 Å². The predicted octanol–water partition coefficient (Wildman–Crippen LogP) is 4.41. The fourth-order valence-corrected chi connectivity index (χ4v) is 3.23. The van der Waals surface area contributed by atoms with Gasteiger partial charge in [-0.3, -0.25) is 0 Å². The molecule has 0 N–H and O–H groups in total. The van der Waals surface area contributed by atoms with Crippen molar-refractivity contribution < 1.29 is 0 Å². The Labute approximate surface area is 91.9 Å². The highest BCUT2D eigenvalue weighted by molar-refractivity contribution is 7.80. The van der Waals surface area contributed by atoms with Crippen LogP contribution in [0.1, 0.15) is 12.5 Å². The molecule has 1 aromatic carbocycles. The smallest absolute Gasteiger partial charge is 0.0602 e. The van der Waals surface area contributed by atoms with Gasteiger partial charge in [-0.05, 0) is 18.1 Å². The summed E-state index contributed by atoms with van der Waals surface area (Å²) in [5, 5.41) is 3.89. The number of hydrogen-bond acceptors (Lipinski definition) is 2. The number of thiophene rings is 1. The maximum absolute atomic E-state index is 6.07. The molecule has 13 heavy (non-hydrogen) atoms. The van der Waals surface area contributed by atoms with Crippen molar-refractivity contribution in [3.63, 3.8) is 0 Å². The molecule has 2 aromatic rings. The highest BCUT2D eigenvalue weighted by atomic mass is 35.5. The van der Waals surface area contributed by atoms with Gasteiger partial charge in [-0.2, -0.15) is 0 Å². The molecule has 1 heterocycles. The number of thiol groups is 1. The van der Waals surface area contributed by atoms with Gasteiger partial charge in [0.05, 0.1) is 5.02 Å². The van der Waals surface area contributed by atoms with Crippen molar-refractivity contribution >= 4 is 45.7 Å². The molecule has 0 atom stereocenters. The molecule has 0 radical (unpaired) electrons. The van der Waals surface area contributed by atoms with Crippen molar-refractivity contribution in [3.05, 3.63) is 28.1 Å². The van der Waals surface area contributed by atoms with Gasteiger partial charge in [0.2, 0.25) is 0 Å². The maximum atomic E-state index is 6.07. The number of rotatable bonds is 1. The number of halogens is 1. The third kappa shape index (κ3) is 1.47. The Bertz CT molecular complexity index is 445. The molecule has 0 unspecified atom stereocenters. The van der Waals surface area contributed by atoms with E-state index in [9.17, 15) is 0 Å². The Morgan fingerprint density at radius 2 is 2.23 bits per heavy atom. The first kappa shape index (κ1) is 9.38. The molecule has 0 spiro atoms. The molecule has 68 valence electrons. The Morgan fingerprint density at radius 1 is 1.46 bits per heavy atom. The minimum atomic E-state index is 0.820. The first-order valence-corrected chi connectivity index (χ1v) is 5.82. The first-order valence-electron chi connectivity index (χ1n) is 4.11. The summed E-state index contributed by atoms with van der Waals surface area (Å²) in [7, 11) is 0. The van der Waals surface area contributed by atoms with Crippen LogP contribution < -0.4 is 0 Å². The lowest BCUT2D eigenvalue weighted by atomic mass is 10.1. The van der Waals surface area contributed by atoms with Crippen LogP contribution in [0.15, 0.2) is 22.4 Å². The lowest BCUT2D eigenvalue weighted by molar-refractivity contribution is 1.10. The average Bonchev–Trinajstić information content (AvgIpc) is 2.49. The second-order valence-corrected chi connectivity index (χ2v) is 4.65. The lowest BCUT2D eigenvalue weighted by Crippen LogP contribution is -1.82. The summed E-state index contributed by atoms with van der Waals surface area (Å²) in [5.74, 6) is 0. The van der Waals surface area contributed by atoms with Crippen molar-refractivity contribution in [1.29, 1.82) is 0 Å². The SMILES string of the molecule is CCc1ccc2scc(Cl)c2c1S. The number of hydrogen-bond donors (Lipinski definition) is 1. The van der Waals surface area contributed by atoms with Crippen LogP contribution in [0.4, 0.5) is 0 Å².